The maximum absolute atomic E-state index is 11.4. The molecule has 5 heteroatoms. The van der Waals surface area contributed by atoms with Gasteiger partial charge in [-0.1, -0.05) is 6.07 Å². The van der Waals surface area contributed by atoms with Gasteiger partial charge in [-0.2, -0.15) is 0 Å². The van der Waals surface area contributed by atoms with Gasteiger partial charge in [0.05, 0.1) is 13.0 Å². The second kappa shape index (κ2) is 5.31. The van der Waals surface area contributed by atoms with Crippen LogP contribution in [0.2, 0.25) is 0 Å². The molecule has 0 aliphatic heterocycles. The highest BCUT2D eigenvalue weighted by atomic mass is 16.5. The number of anilines is 1. The minimum Gasteiger partial charge on any atom is -0.384 e. The van der Waals surface area contributed by atoms with Crippen molar-refractivity contribution in [3.63, 3.8) is 0 Å². The molecule has 0 aliphatic rings. The second-order valence-electron chi connectivity index (χ2n) is 2.69. The predicted molar refractivity (Wildman–Crippen MR) is 52.4 cm³/mol. The van der Waals surface area contributed by atoms with Crippen molar-refractivity contribution < 1.29 is 9.53 Å². The van der Waals surface area contributed by atoms with Crippen molar-refractivity contribution >= 4 is 11.7 Å². The van der Waals surface area contributed by atoms with E-state index in [1.165, 1.54) is 7.11 Å². The van der Waals surface area contributed by atoms with Crippen LogP contribution < -0.4 is 10.9 Å². The molecule has 0 unspecified atom stereocenters. The summed E-state index contributed by atoms with van der Waals surface area (Å²) in [6, 6.07) is 5.20. The number of carbonyl (C=O) groups is 1. The number of pyridine rings is 1. The summed E-state index contributed by atoms with van der Waals surface area (Å²) in [5.74, 6) is 5.77. The highest BCUT2D eigenvalue weighted by molar-refractivity contribution is 5.91. The van der Waals surface area contributed by atoms with E-state index in [1.54, 1.807) is 24.4 Å². The van der Waals surface area contributed by atoms with Gasteiger partial charge in [-0.05, 0) is 12.1 Å². The first-order valence-electron chi connectivity index (χ1n) is 4.23. The van der Waals surface area contributed by atoms with Crippen LogP contribution in [0.25, 0.3) is 0 Å². The summed E-state index contributed by atoms with van der Waals surface area (Å²) in [5, 5.41) is 1.03. The zero-order valence-corrected chi connectivity index (χ0v) is 8.01. The van der Waals surface area contributed by atoms with Gasteiger partial charge in [-0.15, -0.1) is 0 Å². The van der Waals surface area contributed by atoms with E-state index < -0.39 is 0 Å². The minimum atomic E-state index is -0.217. The Labute approximate surface area is 82.5 Å². The molecule has 14 heavy (non-hydrogen) atoms. The molecule has 76 valence electrons. The first kappa shape index (κ1) is 10.6. The Balaban J connectivity index is 2.57. The van der Waals surface area contributed by atoms with Crippen LogP contribution in [0, 0.1) is 0 Å². The highest BCUT2D eigenvalue weighted by Crippen LogP contribution is 2.05. The molecular weight excluding hydrogens is 182 g/mol. The summed E-state index contributed by atoms with van der Waals surface area (Å²) < 4.78 is 4.78. The lowest BCUT2D eigenvalue weighted by molar-refractivity contribution is -0.119. The molecular formula is C9H13N3O2. The van der Waals surface area contributed by atoms with Gasteiger partial charge in [-0.3, -0.25) is 4.79 Å². The van der Waals surface area contributed by atoms with Gasteiger partial charge >= 0.3 is 0 Å². The van der Waals surface area contributed by atoms with E-state index in [1.807, 2.05) is 0 Å². The van der Waals surface area contributed by atoms with E-state index in [-0.39, 0.29) is 12.3 Å². The molecule has 0 atom stereocenters. The van der Waals surface area contributed by atoms with E-state index in [0.29, 0.717) is 12.4 Å². The summed E-state index contributed by atoms with van der Waals surface area (Å²) in [4.78, 5) is 15.3. The Kier molecular flexibility index (Phi) is 4.03. The summed E-state index contributed by atoms with van der Waals surface area (Å²) in [6.45, 7) is 0.360. The molecule has 0 fully saturated rings. The molecule has 1 heterocycles. The van der Waals surface area contributed by atoms with E-state index >= 15 is 0 Å². The fraction of sp³-hybridized carbons (Fsp3) is 0.333. The van der Waals surface area contributed by atoms with Gasteiger partial charge in [0.2, 0.25) is 5.91 Å². The molecule has 1 amide bonds. The zero-order valence-electron chi connectivity index (χ0n) is 8.01. The number of aromatic nitrogens is 1. The minimum absolute atomic E-state index is 0.217. The van der Waals surface area contributed by atoms with E-state index in [2.05, 4.69) is 4.98 Å². The number of amides is 1. The standard InChI is InChI=1S/C9H13N3O2/c1-14-7-5-9(13)12(10)8-4-2-3-6-11-8/h2-4,6H,5,7,10H2,1H3. The van der Waals surface area contributed by atoms with Crippen LogP contribution in [0.15, 0.2) is 24.4 Å². The molecule has 1 aromatic heterocycles. The summed E-state index contributed by atoms with van der Waals surface area (Å²) in [7, 11) is 1.54. The Morgan fingerprint density at radius 3 is 3.00 bits per heavy atom. The van der Waals surface area contributed by atoms with Crippen LogP contribution in [-0.4, -0.2) is 24.6 Å². The van der Waals surface area contributed by atoms with Crippen molar-refractivity contribution in [3.8, 4) is 0 Å². The number of methoxy groups -OCH3 is 1. The van der Waals surface area contributed by atoms with Crippen molar-refractivity contribution in [1.29, 1.82) is 0 Å². The van der Waals surface area contributed by atoms with Crippen LogP contribution in [-0.2, 0) is 9.53 Å². The average Bonchev–Trinajstić information content (AvgIpc) is 2.26. The largest absolute Gasteiger partial charge is 0.384 e. The summed E-state index contributed by atoms with van der Waals surface area (Å²) in [6.07, 6.45) is 1.84. The Hall–Kier alpha value is -1.46. The maximum atomic E-state index is 11.4. The van der Waals surface area contributed by atoms with E-state index in [0.717, 1.165) is 5.01 Å². The fourth-order valence-corrected chi connectivity index (χ4v) is 0.934. The van der Waals surface area contributed by atoms with E-state index in [4.69, 9.17) is 10.6 Å². The molecule has 0 bridgehead atoms. The molecule has 1 rings (SSSR count). The van der Waals surface area contributed by atoms with E-state index in [9.17, 15) is 4.79 Å². The normalized spacial score (nSPS) is 9.86. The molecule has 0 aliphatic carbocycles. The van der Waals surface area contributed by atoms with Gasteiger partial charge in [0.1, 0.15) is 5.82 Å². The monoisotopic (exact) mass is 195 g/mol. The lowest BCUT2D eigenvalue weighted by Crippen LogP contribution is -2.38. The van der Waals surface area contributed by atoms with Crippen molar-refractivity contribution in [1.82, 2.24) is 4.98 Å². The molecule has 2 N–H and O–H groups in total. The maximum Gasteiger partial charge on any atom is 0.244 e. The number of hydrazine groups is 1. The smallest absolute Gasteiger partial charge is 0.244 e. The second-order valence-corrected chi connectivity index (χ2v) is 2.69. The van der Waals surface area contributed by atoms with Gasteiger partial charge in [0.15, 0.2) is 0 Å². The Bertz CT molecular complexity index is 289. The lowest BCUT2D eigenvalue weighted by Gasteiger charge is -2.14. The number of hydrogen-bond donors (Lipinski definition) is 1. The molecule has 0 spiro atoms. The third-order valence-electron chi connectivity index (χ3n) is 1.68. The van der Waals surface area contributed by atoms with Crippen molar-refractivity contribution in [2.75, 3.05) is 18.7 Å². The average molecular weight is 195 g/mol. The number of hydrogen-bond acceptors (Lipinski definition) is 4. The van der Waals surface area contributed by atoms with Crippen molar-refractivity contribution in [2.24, 2.45) is 5.84 Å². The molecule has 5 nitrogen and oxygen atoms in total. The number of nitrogens with zero attached hydrogens (tertiary/aromatic N) is 2. The molecule has 0 aromatic carbocycles. The predicted octanol–water partition coefficient (Wildman–Crippen LogP) is 0.325. The van der Waals surface area contributed by atoms with Gasteiger partial charge in [-0.25, -0.2) is 15.8 Å². The summed E-state index contributed by atoms with van der Waals surface area (Å²) in [5.41, 5.74) is 0. The van der Waals surface area contributed by atoms with Crippen LogP contribution in [0.5, 0.6) is 0 Å². The SMILES string of the molecule is COCCC(=O)N(N)c1ccccn1. The first-order valence-corrected chi connectivity index (χ1v) is 4.23. The molecule has 0 radical (unpaired) electrons. The van der Waals surface area contributed by atoms with Crippen LogP contribution in [0.1, 0.15) is 6.42 Å². The number of rotatable bonds is 4. The lowest BCUT2D eigenvalue weighted by atomic mass is 10.4. The third-order valence-corrected chi connectivity index (χ3v) is 1.68. The van der Waals surface area contributed by atoms with Crippen molar-refractivity contribution in [2.45, 2.75) is 6.42 Å². The number of ether oxygens (including phenoxy) is 1. The zero-order chi connectivity index (χ0) is 10.4. The first-order chi connectivity index (χ1) is 6.75. The Morgan fingerprint density at radius 2 is 2.43 bits per heavy atom. The van der Waals surface area contributed by atoms with Crippen LogP contribution >= 0.6 is 0 Å². The van der Waals surface area contributed by atoms with Gasteiger partial charge in [0.25, 0.3) is 0 Å². The summed E-state index contributed by atoms with van der Waals surface area (Å²) >= 11 is 0. The number of nitrogens with two attached hydrogens (primary N) is 1. The highest BCUT2D eigenvalue weighted by Gasteiger charge is 2.11. The molecule has 1 aromatic rings. The van der Waals surface area contributed by atoms with Crippen LogP contribution in [0.4, 0.5) is 5.82 Å². The molecule has 0 saturated carbocycles. The van der Waals surface area contributed by atoms with Gasteiger partial charge < -0.3 is 4.74 Å². The van der Waals surface area contributed by atoms with Gasteiger partial charge in [0, 0.05) is 13.3 Å². The van der Waals surface area contributed by atoms with Crippen LogP contribution in [0.3, 0.4) is 0 Å². The third kappa shape index (κ3) is 2.79. The van der Waals surface area contributed by atoms with Crippen molar-refractivity contribution in [3.05, 3.63) is 24.4 Å². The quantitative estimate of drug-likeness (QED) is 0.427. The Morgan fingerprint density at radius 1 is 1.64 bits per heavy atom. The number of carbonyl (C=O) groups excluding carboxylic acids is 1. The fourth-order valence-electron chi connectivity index (χ4n) is 0.934. The molecule has 0 saturated heterocycles. The topological polar surface area (TPSA) is 68.5 Å².